The Bertz CT molecular complexity index is 821. The Morgan fingerprint density at radius 3 is 2.62 bits per heavy atom. The molecule has 0 spiro atoms. The minimum atomic E-state index is -0.436. The molecule has 1 saturated carbocycles. The second-order valence-electron chi connectivity index (χ2n) is 8.65. The summed E-state index contributed by atoms with van der Waals surface area (Å²) < 4.78 is 7.48. The summed E-state index contributed by atoms with van der Waals surface area (Å²) in [5, 5.41) is 13.3. The highest BCUT2D eigenvalue weighted by atomic mass is 16.6. The Morgan fingerprint density at radius 2 is 1.96 bits per heavy atom. The molecular formula is C19H27N5O2. The number of hydrogen-bond donors (Lipinski definition) is 0. The van der Waals surface area contributed by atoms with E-state index in [2.05, 4.69) is 22.0 Å². The summed E-state index contributed by atoms with van der Waals surface area (Å²) >= 11 is 0. The summed E-state index contributed by atoms with van der Waals surface area (Å²) in [7, 11) is 0. The van der Waals surface area contributed by atoms with E-state index in [1.54, 1.807) is 0 Å². The molecule has 2 atom stereocenters. The van der Waals surface area contributed by atoms with Gasteiger partial charge in [-0.2, -0.15) is 4.52 Å². The van der Waals surface area contributed by atoms with Gasteiger partial charge in [0.25, 0.3) is 0 Å². The molecule has 0 N–H and O–H groups in total. The molecule has 4 rings (SSSR count). The predicted molar refractivity (Wildman–Crippen MR) is 98.1 cm³/mol. The molecule has 1 aliphatic carbocycles. The first-order valence-electron chi connectivity index (χ1n) is 9.52. The summed E-state index contributed by atoms with van der Waals surface area (Å²) in [6, 6.07) is 3.98. The van der Waals surface area contributed by atoms with Crippen molar-refractivity contribution in [3.05, 3.63) is 18.0 Å². The zero-order valence-corrected chi connectivity index (χ0v) is 16.0. The van der Waals surface area contributed by atoms with Crippen LogP contribution in [0.4, 0.5) is 5.82 Å². The molecule has 1 saturated heterocycles. The van der Waals surface area contributed by atoms with Crippen molar-refractivity contribution in [1.82, 2.24) is 19.8 Å². The topological polar surface area (TPSA) is 72.6 Å². The number of ether oxygens (including phenoxy) is 1. The van der Waals surface area contributed by atoms with Crippen molar-refractivity contribution < 1.29 is 9.53 Å². The predicted octanol–water partition coefficient (Wildman–Crippen LogP) is 2.81. The maximum atomic E-state index is 12.5. The van der Waals surface area contributed by atoms with Crippen LogP contribution in [-0.4, -0.2) is 44.5 Å². The monoisotopic (exact) mass is 357 g/mol. The van der Waals surface area contributed by atoms with E-state index in [1.807, 2.05) is 37.4 Å². The fourth-order valence-electron chi connectivity index (χ4n) is 3.64. The first-order chi connectivity index (χ1) is 12.3. The molecule has 7 heteroatoms. The highest BCUT2D eigenvalue weighted by Gasteiger charge is 2.35. The second-order valence-corrected chi connectivity index (χ2v) is 8.65. The van der Waals surface area contributed by atoms with Crippen molar-refractivity contribution in [2.45, 2.75) is 58.5 Å². The minimum absolute atomic E-state index is 0.0499. The third-order valence-electron chi connectivity index (χ3n) is 5.15. The quantitative estimate of drug-likeness (QED) is 0.787. The number of piperidine rings is 1. The molecule has 2 unspecified atom stereocenters. The van der Waals surface area contributed by atoms with Gasteiger partial charge in [0.15, 0.2) is 11.5 Å². The lowest BCUT2D eigenvalue weighted by molar-refractivity contribution is -0.162. The van der Waals surface area contributed by atoms with Crippen LogP contribution in [0.5, 0.6) is 0 Å². The second kappa shape index (κ2) is 6.21. The Kier molecular flexibility index (Phi) is 4.12. The third kappa shape index (κ3) is 3.39. The maximum absolute atomic E-state index is 12.5. The van der Waals surface area contributed by atoms with Gasteiger partial charge in [0.2, 0.25) is 0 Å². The molecule has 2 aromatic rings. The largest absolute Gasteiger partial charge is 0.460 e. The van der Waals surface area contributed by atoms with E-state index in [1.165, 1.54) is 12.8 Å². The van der Waals surface area contributed by atoms with Crippen LogP contribution in [-0.2, 0) is 9.53 Å². The molecule has 140 valence electrons. The zero-order valence-electron chi connectivity index (χ0n) is 16.0. The first kappa shape index (κ1) is 17.2. The van der Waals surface area contributed by atoms with Crippen LogP contribution < -0.4 is 4.90 Å². The fourth-order valence-corrected chi connectivity index (χ4v) is 3.64. The molecule has 2 aliphatic rings. The van der Waals surface area contributed by atoms with Gasteiger partial charge < -0.3 is 9.64 Å². The van der Waals surface area contributed by atoms with Crippen molar-refractivity contribution >= 4 is 17.4 Å². The molecule has 0 bridgehead atoms. The van der Waals surface area contributed by atoms with Crippen molar-refractivity contribution in [2.75, 3.05) is 18.0 Å². The van der Waals surface area contributed by atoms with E-state index in [0.29, 0.717) is 5.92 Å². The molecule has 0 radical (unpaired) electrons. The highest BCUT2D eigenvalue weighted by Crippen LogP contribution is 2.39. The van der Waals surface area contributed by atoms with Crippen molar-refractivity contribution in [2.24, 2.45) is 11.8 Å². The third-order valence-corrected chi connectivity index (χ3v) is 5.15. The zero-order chi connectivity index (χ0) is 18.5. The number of hydrogen-bond acceptors (Lipinski definition) is 6. The van der Waals surface area contributed by atoms with Crippen LogP contribution in [0.25, 0.3) is 5.65 Å². The number of anilines is 1. The lowest BCUT2D eigenvalue weighted by Crippen LogP contribution is -2.44. The highest BCUT2D eigenvalue weighted by molar-refractivity contribution is 5.73. The summed E-state index contributed by atoms with van der Waals surface area (Å²) in [6.45, 7) is 9.46. The minimum Gasteiger partial charge on any atom is -0.460 e. The van der Waals surface area contributed by atoms with Crippen LogP contribution in [0.3, 0.4) is 0 Å². The summed E-state index contributed by atoms with van der Waals surface area (Å²) in [6.07, 6.45) is 3.13. The van der Waals surface area contributed by atoms with Crippen molar-refractivity contribution in [1.29, 1.82) is 0 Å². The van der Waals surface area contributed by atoms with Crippen molar-refractivity contribution in [3.8, 4) is 0 Å². The number of rotatable bonds is 3. The van der Waals surface area contributed by atoms with Crippen molar-refractivity contribution in [3.63, 3.8) is 0 Å². The molecule has 0 aromatic carbocycles. The van der Waals surface area contributed by atoms with E-state index in [0.717, 1.165) is 36.8 Å². The molecule has 7 nitrogen and oxygen atoms in total. The molecular weight excluding hydrogens is 330 g/mol. The number of esters is 1. The van der Waals surface area contributed by atoms with Crippen LogP contribution in [0.2, 0.25) is 0 Å². The maximum Gasteiger partial charge on any atom is 0.309 e. The van der Waals surface area contributed by atoms with Gasteiger partial charge in [0.1, 0.15) is 11.4 Å². The van der Waals surface area contributed by atoms with Crippen LogP contribution in [0.15, 0.2) is 12.1 Å². The number of carbonyl (C=O) groups excluding carboxylic acids is 1. The molecule has 2 fully saturated rings. The van der Waals surface area contributed by atoms with Gasteiger partial charge in [0, 0.05) is 19.0 Å². The molecule has 26 heavy (non-hydrogen) atoms. The van der Waals surface area contributed by atoms with E-state index in [4.69, 9.17) is 9.84 Å². The van der Waals surface area contributed by atoms with Gasteiger partial charge in [-0.25, -0.2) is 0 Å². The van der Waals surface area contributed by atoms with Crippen LogP contribution >= 0.6 is 0 Å². The van der Waals surface area contributed by atoms with E-state index >= 15 is 0 Å². The summed E-state index contributed by atoms with van der Waals surface area (Å²) in [5.41, 5.74) is 0.362. The number of nitrogens with zero attached hydrogens (tertiary/aromatic N) is 5. The van der Waals surface area contributed by atoms with E-state index < -0.39 is 5.60 Å². The van der Waals surface area contributed by atoms with Gasteiger partial charge in [-0.3, -0.25) is 4.79 Å². The van der Waals surface area contributed by atoms with E-state index in [-0.39, 0.29) is 17.8 Å². The SMILES string of the molecule is CC1CN(c2ccc3nnc(C4CC4)n3n2)CCC1C(=O)OC(C)(C)C. The number of carbonyl (C=O) groups is 1. The van der Waals surface area contributed by atoms with E-state index in [9.17, 15) is 4.79 Å². The average Bonchev–Trinajstić information content (AvgIpc) is 3.32. The first-order valence-corrected chi connectivity index (χ1v) is 9.52. The standard InChI is InChI=1S/C19H27N5O2/c1-12-11-23(10-9-14(12)18(25)26-19(2,3)4)16-8-7-15-20-21-17(13-5-6-13)24(15)22-16/h7-8,12-14H,5-6,9-11H2,1-4H3. The Labute approximate surface area is 153 Å². The molecule has 2 aromatic heterocycles. The normalized spacial score (nSPS) is 24.1. The van der Waals surface area contributed by atoms with Gasteiger partial charge in [0.05, 0.1) is 5.92 Å². The van der Waals surface area contributed by atoms with Gasteiger partial charge in [-0.15, -0.1) is 15.3 Å². The average molecular weight is 357 g/mol. The number of fused-ring (bicyclic) bond motifs is 1. The van der Waals surface area contributed by atoms with Gasteiger partial charge in [-0.05, 0) is 58.1 Å². The Hall–Kier alpha value is -2.18. The summed E-state index contributed by atoms with van der Waals surface area (Å²) in [4.78, 5) is 14.7. The lowest BCUT2D eigenvalue weighted by Gasteiger charge is -2.37. The molecule has 0 amide bonds. The van der Waals surface area contributed by atoms with Gasteiger partial charge in [-0.1, -0.05) is 6.92 Å². The Balaban J connectivity index is 1.49. The number of aromatic nitrogens is 4. The molecule has 3 heterocycles. The van der Waals surface area contributed by atoms with Gasteiger partial charge >= 0.3 is 5.97 Å². The summed E-state index contributed by atoms with van der Waals surface area (Å²) in [5.74, 6) is 2.49. The smallest absolute Gasteiger partial charge is 0.309 e. The van der Waals surface area contributed by atoms with Crippen LogP contribution in [0, 0.1) is 11.8 Å². The molecule has 1 aliphatic heterocycles. The van der Waals surface area contributed by atoms with Crippen LogP contribution in [0.1, 0.15) is 58.7 Å². The fraction of sp³-hybridized carbons (Fsp3) is 0.684. The lowest BCUT2D eigenvalue weighted by atomic mass is 9.87. The Morgan fingerprint density at radius 1 is 1.19 bits per heavy atom.